The number of aromatic nitrogens is 1. The van der Waals surface area contributed by atoms with Crippen molar-refractivity contribution in [1.82, 2.24) is 15.2 Å². The Bertz CT molecular complexity index is 1200. The van der Waals surface area contributed by atoms with Crippen molar-refractivity contribution in [3.05, 3.63) is 77.6 Å². The number of carbonyl (C=O) groups is 1. The Morgan fingerprint density at radius 2 is 1.91 bits per heavy atom. The van der Waals surface area contributed by atoms with Crippen molar-refractivity contribution in [2.45, 2.75) is 25.3 Å². The number of hydrogen-bond acceptors (Lipinski definition) is 5. The van der Waals surface area contributed by atoms with E-state index in [0.717, 1.165) is 47.1 Å². The van der Waals surface area contributed by atoms with Crippen LogP contribution in [-0.4, -0.2) is 50.6 Å². The molecular formula is C27H32N4O2. The molecule has 6 heteroatoms. The fourth-order valence-electron chi connectivity index (χ4n) is 3.98. The molecule has 2 aliphatic rings. The number of benzene rings is 2. The minimum absolute atomic E-state index is 0.0683. The maximum Gasteiger partial charge on any atom is 0.252 e. The van der Waals surface area contributed by atoms with Gasteiger partial charge in [0.25, 0.3) is 5.91 Å². The average Bonchev–Trinajstić information content (AvgIpc) is 3.57. The summed E-state index contributed by atoms with van der Waals surface area (Å²) in [6.45, 7) is 3.08. The molecule has 1 amide bonds. The number of methoxy groups -OCH3 is 1. The lowest BCUT2D eigenvalue weighted by atomic mass is 9.97. The maximum atomic E-state index is 13.1. The minimum Gasteiger partial charge on any atom is -0.497 e. The summed E-state index contributed by atoms with van der Waals surface area (Å²) < 4.78 is 5.30. The zero-order valence-corrected chi connectivity index (χ0v) is 20.1. The standard InChI is InChI=1S/C23H25N3O2.C4H7N/c1-15-7-8-17(28-4)14-19(15)22(27)25-23(9-10-23)20-12-16(26(2)3)13-21-18(20)6-5-11-24-21;1-5-3-2-4-5/h5-8,11-14H,9-10H2,1-4H3,(H,25,27);2-3H,4H2,1H3. The van der Waals surface area contributed by atoms with E-state index in [2.05, 4.69) is 57.6 Å². The molecule has 1 fully saturated rings. The highest BCUT2D eigenvalue weighted by Crippen LogP contribution is 2.49. The number of nitrogens with zero attached hydrogens (tertiary/aromatic N) is 3. The Kier molecular flexibility index (Phi) is 6.27. The number of likely N-dealkylation sites (N-methyl/N-ethyl adjacent to an activating group) is 1. The van der Waals surface area contributed by atoms with Gasteiger partial charge in [0, 0.05) is 50.5 Å². The Morgan fingerprint density at radius 3 is 2.48 bits per heavy atom. The van der Waals surface area contributed by atoms with Crippen molar-refractivity contribution in [2.75, 3.05) is 39.7 Å². The summed E-state index contributed by atoms with van der Waals surface area (Å²) in [5, 5.41) is 4.40. The largest absolute Gasteiger partial charge is 0.497 e. The van der Waals surface area contributed by atoms with Crippen LogP contribution in [0.2, 0.25) is 0 Å². The second-order valence-electron chi connectivity index (χ2n) is 9.00. The molecule has 33 heavy (non-hydrogen) atoms. The van der Waals surface area contributed by atoms with Crippen LogP contribution in [0.15, 0.2) is 60.9 Å². The zero-order valence-electron chi connectivity index (χ0n) is 20.1. The topological polar surface area (TPSA) is 57.7 Å². The van der Waals surface area contributed by atoms with Crippen LogP contribution in [0.5, 0.6) is 5.75 Å². The third-order valence-electron chi connectivity index (χ3n) is 6.28. The van der Waals surface area contributed by atoms with E-state index >= 15 is 0 Å². The first kappa shape index (κ1) is 22.6. The quantitative estimate of drug-likeness (QED) is 0.629. The Morgan fingerprint density at radius 1 is 1.18 bits per heavy atom. The predicted molar refractivity (Wildman–Crippen MR) is 134 cm³/mol. The van der Waals surface area contributed by atoms with Gasteiger partial charge in [0.2, 0.25) is 0 Å². The SMILES string of the molecule is CN1C=CC1.COc1ccc(C)c(C(=O)NC2(c3cc(N(C)C)cc4ncccc34)CC2)c1. The lowest BCUT2D eigenvalue weighted by Gasteiger charge is -2.23. The molecule has 0 radical (unpaired) electrons. The van der Waals surface area contributed by atoms with Crippen LogP contribution >= 0.6 is 0 Å². The lowest BCUT2D eigenvalue weighted by molar-refractivity contribution is 0.0930. The normalized spacial score (nSPS) is 15.2. The van der Waals surface area contributed by atoms with Crippen LogP contribution in [0.25, 0.3) is 10.9 Å². The first-order chi connectivity index (χ1) is 15.8. The van der Waals surface area contributed by atoms with Gasteiger partial charge in [-0.2, -0.15) is 0 Å². The van der Waals surface area contributed by atoms with Gasteiger partial charge in [0.1, 0.15) is 5.75 Å². The molecule has 0 atom stereocenters. The number of anilines is 1. The van der Waals surface area contributed by atoms with Crippen molar-refractivity contribution in [2.24, 2.45) is 0 Å². The number of rotatable bonds is 5. The molecular weight excluding hydrogens is 412 g/mol. The van der Waals surface area contributed by atoms with Gasteiger partial charge >= 0.3 is 0 Å². The van der Waals surface area contributed by atoms with E-state index in [0.29, 0.717) is 11.3 Å². The molecule has 3 aromatic rings. The Hall–Kier alpha value is -3.54. The van der Waals surface area contributed by atoms with Gasteiger partial charge in [-0.05, 0) is 73.5 Å². The van der Waals surface area contributed by atoms with Crippen molar-refractivity contribution < 1.29 is 9.53 Å². The van der Waals surface area contributed by atoms with Gasteiger partial charge in [-0.1, -0.05) is 12.1 Å². The van der Waals surface area contributed by atoms with Gasteiger partial charge in [-0.15, -0.1) is 0 Å². The molecule has 0 saturated heterocycles. The Balaban J connectivity index is 0.000000459. The van der Waals surface area contributed by atoms with Crippen molar-refractivity contribution >= 4 is 22.5 Å². The van der Waals surface area contributed by atoms with Crippen LogP contribution in [0.1, 0.15) is 34.3 Å². The highest BCUT2D eigenvalue weighted by atomic mass is 16.5. The van der Waals surface area contributed by atoms with Crippen LogP contribution in [0.3, 0.4) is 0 Å². The minimum atomic E-state index is -0.347. The molecule has 6 nitrogen and oxygen atoms in total. The van der Waals surface area contributed by atoms with Crippen LogP contribution in [0, 0.1) is 6.92 Å². The number of ether oxygens (including phenoxy) is 1. The number of fused-ring (bicyclic) bond motifs is 1. The van der Waals surface area contributed by atoms with Crippen molar-refractivity contribution in [3.63, 3.8) is 0 Å². The maximum absolute atomic E-state index is 13.1. The molecule has 2 aromatic carbocycles. The number of hydrogen-bond donors (Lipinski definition) is 1. The molecule has 1 saturated carbocycles. The highest BCUT2D eigenvalue weighted by Gasteiger charge is 2.47. The number of aryl methyl sites for hydroxylation is 1. The number of pyridine rings is 1. The summed E-state index contributed by atoms with van der Waals surface area (Å²) >= 11 is 0. The summed E-state index contributed by atoms with van der Waals surface area (Å²) in [5.74, 6) is 0.617. The summed E-state index contributed by atoms with van der Waals surface area (Å²) in [6.07, 6.45) is 7.83. The lowest BCUT2D eigenvalue weighted by Crippen LogP contribution is -2.35. The van der Waals surface area contributed by atoms with E-state index in [9.17, 15) is 4.79 Å². The molecule has 0 spiro atoms. The molecule has 1 N–H and O–H groups in total. The number of amides is 1. The smallest absolute Gasteiger partial charge is 0.252 e. The van der Waals surface area contributed by atoms with E-state index in [4.69, 9.17) is 4.74 Å². The van der Waals surface area contributed by atoms with E-state index < -0.39 is 0 Å². The van der Waals surface area contributed by atoms with E-state index in [1.54, 1.807) is 13.2 Å². The molecule has 1 aliphatic heterocycles. The molecule has 172 valence electrons. The first-order valence-corrected chi connectivity index (χ1v) is 11.2. The highest BCUT2D eigenvalue weighted by molar-refractivity contribution is 5.97. The van der Waals surface area contributed by atoms with E-state index in [1.807, 2.05) is 45.4 Å². The van der Waals surface area contributed by atoms with E-state index in [1.165, 1.54) is 0 Å². The zero-order chi connectivity index (χ0) is 23.6. The van der Waals surface area contributed by atoms with Crippen molar-refractivity contribution in [3.8, 4) is 5.75 Å². The third-order valence-corrected chi connectivity index (χ3v) is 6.28. The molecule has 5 rings (SSSR count). The monoisotopic (exact) mass is 444 g/mol. The summed E-state index contributed by atoms with van der Waals surface area (Å²) in [7, 11) is 7.71. The van der Waals surface area contributed by atoms with Gasteiger partial charge in [-0.25, -0.2) is 0 Å². The average molecular weight is 445 g/mol. The Labute approximate surface area is 195 Å². The van der Waals surface area contributed by atoms with E-state index in [-0.39, 0.29) is 11.4 Å². The van der Waals surface area contributed by atoms with Gasteiger partial charge in [-0.3, -0.25) is 9.78 Å². The van der Waals surface area contributed by atoms with Gasteiger partial charge in [0.05, 0.1) is 18.2 Å². The number of carbonyl (C=O) groups excluding carboxylic acids is 1. The molecule has 0 bridgehead atoms. The summed E-state index contributed by atoms with van der Waals surface area (Å²) in [6, 6.07) is 13.9. The first-order valence-electron chi connectivity index (χ1n) is 11.2. The fraction of sp³-hybridized carbons (Fsp3) is 0.333. The number of nitrogens with one attached hydrogen (secondary N) is 1. The third kappa shape index (κ3) is 4.80. The van der Waals surface area contributed by atoms with Gasteiger partial charge < -0.3 is 19.9 Å². The van der Waals surface area contributed by atoms with Crippen molar-refractivity contribution in [1.29, 1.82) is 0 Å². The molecule has 2 heterocycles. The van der Waals surface area contributed by atoms with Crippen LogP contribution in [0.4, 0.5) is 5.69 Å². The second-order valence-corrected chi connectivity index (χ2v) is 9.00. The molecule has 1 aliphatic carbocycles. The second kappa shape index (κ2) is 9.14. The van der Waals surface area contributed by atoms with Crippen LogP contribution < -0.4 is 15.0 Å². The predicted octanol–water partition coefficient (Wildman–Crippen LogP) is 4.48. The molecule has 0 unspecified atom stereocenters. The summed E-state index contributed by atoms with van der Waals surface area (Å²) in [5.41, 5.74) is 4.40. The summed E-state index contributed by atoms with van der Waals surface area (Å²) in [4.78, 5) is 21.9. The fourth-order valence-corrected chi connectivity index (χ4v) is 3.98. The van der Waals surface area contributed by atoms with Crippen LogP contribution in [-0.2, 0) is 5.54 Å². The molecule has 1 aromatic heterocycles. The van der Waals surface area contributed by atoms with Gasteiger partial charge in [0.15, 0.2) is 0 Å².